The zero-order chi connectivity index (χ0) is 14.9. The molecule has 0 bridgehead atoms. The van der Waals surface area contributed by atoms with Crippen molar-refractivity contribution in [3.63, 3.8) is 0 Å². The molecule has 1 amide bonds. The third kappa shape index (κ3) is 2.95. The monoisotopic (exact) mass is 326 g/mol. The Labute approximate surface area is 129 Å². The van der Waals surface area contributed by atoms with Gasteiger partial charge in [-0.1, -0.05) is 0 Å². The lowest BCUT2D eigenvalue weighted by Crippen LogP contribution is -2.47. The van der Waals surface area contributed by atoms with Gasteiger partial charge in [0.05, 0.1) is 4.90 Å². The van der Waals surface area contributed by atoms with E-state index in [4.69, 9.17) is 0 Å². The number of fused-ring (bicyclic) bond motifs is 1. The third-order valence-electron chi connectivity index (χ3n) is 3.94. The number of aryl methyl sites for hydroxylation is 1. The number of carbonyl (C=O) groups excluding carboxylic acids is 1. The fraction of sp³-hybridized carbons (Fsp3) is 0.500. The number of thioether (sulfide) groups is 1. The smallest absolute Gasteiger partial charge is 0.243 e. The molecule has 0 aliphatic carbocycles. The van der Waals surface area contributed by atoms with Crippen LogP contribution < -0.4 is 0 Å². The minimum absolute atomic E-state index is 0.368. The van der Waals surface area contributed by atoms with Crippen molar-refractivity contribution in [1.82, 2.24) is 9.21 Å². The molecule has 0 atom stereocenters. The molecule has 1 saturated heterocycles. The van der Waals surface area contributed by atoms with Crippen LogP contribution in [-0.2, 0) is 21.2 Å². The molecule has 3 rings (SSSR count). The molecule has 114 valence electrons. The molecule has 1 aromatic rings. The number of nitrogens with zero attached hydrogens (tertiary/aromatic N) is 2. The van der Waals surface area contributed by atoms with E-state index >= 15 is 0 Å². The first-order chi connectivity index (χ1) is 10.1. The summed E-state index contributed by atoms with van der Waals surface area (Å²) >= 11 is 1.79. The number of carbonyl (C=O) groups is 1. The van der Waals surface area contributed by atoms with Crippen LogP contribution >= 0.6 is 11.8 Å². The molecule has 0 radical (unpaired) electrons. The van der Waals surface area contributed by atoms with Gasteiger partial charge in [0.2, 0.25) is 16.4 Å². The van der Waals surface area contributed by atoms with E-state index in [0.29, 0.717) is 31.1 Å². The van der Waals surface area contributed by atoms with E-state index in [0.717, 1.165) is 30.6 Å². The van der Waals surface area contributed by atoms with Gasteiger partial charge in [-0.2, -0.15) is 4.31 Å². The Balaban J connectivity index is 1.83. The molecule has 1 aromatic carbocycles. The van der Waals surface area contributed by atoms with E-state index in [1.165, 1.54) is 9.20 Å². The zero-order valence-electron chi connectivity index (χ0n) is 11.7. The summed E-state index contributed by atoms with van der Waals surface area (Å²) in [7, 11) is -3.45. The summed E-state index contributed by atoms with van der Waals surface area (Å²) in [5.74, 6) is 1.10. The van der Waals surface area contributed by atoms with E-state index in [-0.39, 0.29) is 0 Å². The van der Waals surface area contributed by atoms with Gasteiger partial charge in [-0.05, 0) is 42.4 Å². The van der Waals surface area contributed by atoms with E-state index in [2.05, 4.69) is 0 Å². The fourth-order valence-corrected chi connectivity index (χ4v) is 5.19. The summed E-state index contributed by atoms with van der Waals surface area (Å²) < 4.78 is 26.8. The average molecular weight is 326 g/mol. The first-order valence-corrected chi connectivity index (χ1v) is 9.49. The Kier molecular flexibility index (Phi) is 4.24. The molecular weight excluding hydrogens is 308 g/mol. The molecule has 2 aliphatic rings. The van der Waals surface area contributed by atoms with Gasteiger partial charge in [0.1, 0.15) is 0 Å². The first-order valence-electron chi connectivity index (χ1n) is 7.06. The van der Waals surface area contributed by atoms with Gasteiger partial charge in [-0.3, -0.25) is 4.79 Å². The van der Waals surface area contributed by atoms with Crippen molar-refractivity contribution >= 4 is 28.2 Å². The van der Waals surface area contributed by atoms with E-state index in [9.17, 15) is 13.2 Å². The molecular formula is C14H18N2O3S2. The average Bonchev–Trinajstić information content (AvgIpc) is 2.54. The molecule has 2 heterocycles. The summed E-state index contributed by atoms with van der Waals surface area (Å²) in [5.41, 5.74) is 1.14. The number of sulfonamides is 1. The molecule has 0 N–H and O–H groups in total. The largest absolute Gasteiger partial charge is 0.343 e. The summed E-state index contributed by atoms with van der Waals surface area (Å²) in [6.07, 6.45) is 2.82. The van der Waals surface area contributed by atoms with Gasteiger partial charge in [-0.25, -0.2) is 8.42 Å². The maximum absolute atomic E-state index is 12.7. The summed E-state index contributed by atoms with van der Waals surface area (Å²) in [4.78, 5) is 13.9. The molecule has 2 aliphatic heterocycles. The van der Waals surface area contributed by atoms with Gasteiger partial charge < -0.3 is 4.90 Å². The lowest BCUT2D eigenvalue weighted by Gasteiger charge is -2.31. The first kappa shape index (κ1) is 14.9. The second-order valence-corrected chi connectivity index (χ2v) is 8.34. The van der Waals surface area contributed by atoms with Crippen LogP contribution in [0.25, 0.3) is 0 Å². The van der Waals surface area contributed by atoms with Gasteiger partial charge in [0.15, 0.2) is 0 Å². The quantitative estimate of drug-likeness (QED) is 0.783. The Morgan fingerprint density at radius 3 is 2.62 bits per heavy atom. The van der Waals surface area contributed by atoms with Crippen LogP contribution in [0.2, 0.25) is 0 Å². The standard InChI is InChI=1S/C14H18N2O3S2/c17-11-15-5-7-16(8-6-15)21(18,19)13-3-4-14-12(10-13)2-1-9-20-14/h3-4,10-11H,1-2,5-9H2. The summed E-state index contributed by atoms with van der Waals surface area (Å²) in [6.45, 7) is 1.66. The van der Waals surface area contributed by atoms with E-state index in [1.807, 2.05) is 12.1 Å². The Hall–Kier alpha value is -1.05. The molecule has 0 spiro atoms. The van der Waals surface area contributed by atoms with E-state index < -0.39 is 10.0 Å². The van der Waals surface area contributed by atoms with Crippen molar-refractivity contribution < 1.29 is 13.2 Å². The number of rotatable bonds is 3. The van der Waals surface area contributed by atoms with Gasteiger partial charge in [0, 0.05) is 31.1 Å². The SMILES string of the molecule is O=CN1CCN(S(=O)(=O)c2ccc3c(c2)CCCS3)CC1. The van der Waals surface area contributed by atoms with Crippen LogP contribution in [0.4, 0.5) is 0 Å². The lowest BCUT2D eigenvalue weighted by atomic mass is 10.1. The second-order valence-electron chi connectivity index (χ2n) is 5.27. The highest BCUT2D eigenvalue weighted by Gasteiger charge is 2.28. The van der Waals surface area contributed by atoms with Crippen LogP contribution in [0.5, 0.6) is 0 Å². The predicted molar refractivity (Wildman–Crippen MR) is 81.9 cm³/mol. The predicted octanol–water partition coefficient (Wildman–Crippen LogP) is 1.19. The molecule has 7 heteroatoms. The van der Waals surface area contributed by atoms with Crippen molar-refractivity contribution in [2.45, 2.75) is 22.6 Å². The highest BCUT2D eigenvalue weighted by molar-refractivity contribution is 7.99. The maximum Gasteiger partial charge on any atom is 0.243 e. The fourth-order valence-electron chi connectivity index (χ4n) is 2.70. The minimum atomic E-state index is -3.45. The van der Waals surface area contributed by atoms with Crippen molar-refractivity contribution in [1.29, 1.82) is 0 Å². The third-order valence-corrected chi connectivity index (χ3v) is 7.04. The van der Waals surface area contributed by atoms with Gasteiger partial charge in [-0.15, -0.1) is 11.8 Å². The molecule has 0 saturated carbocycles. The molecule has 21 heavy (non-hydrogen) atoms. The van der Waals surface area contributed by atoms with E-state index in [1.54, 1.807) is 22.7 Å². The van der Waals surface area contributed by atoms with Gasteiger partial charge >= 0.3 is 0 Å². The van der Waals surface area contributed by atoms with Crippen LogP contribution in [0.3, 0.4) is 0 Å². The zero-order valence-corrected chi connectivity index (χ0v) is 13.3. The Morgan fingerprint density at radius 1 is 1.14 bits per heavy atom. The van der Waals surface area contributed by atoms with Gasteiger partial charge in [0.25, 0.3) is 0 Å². The highest BCUT2D eigenvalue weighted by Crippen LogP contribution is 2.32. The van der Waals surface area contributed by atoms with Crippen molar-refractivity contribution in [2.75, 3.05) is 31.9 Å². The summed E-state index contributed by atoms with van der Waals surface area (Å²) in [5, 5.41) is 0. The van der Waals surface area contributed by atoms with Crippen molar-refractivity contribution in [3.8, 4) is 0 Å². The number of benzene rings is 1. The number of amides is 1. The van der Waals surface area contributed by atoms with Crippen LogP contribution in [0.1, 0.15) is 12.0 Å². The summed E-state index contributed by atoms with van der Waals surface area (Å²) in [6, 6.07) is 5.45. The highest BCUT2D eigenvalue weighted by atomic mass is 32.2. The number of hydrogen-bond acceptors (Lipinski definition) is 4. The molecule has 5 nitrogen and oxygen atoms in total. The maximum atomic E-state index is 12.7. The lowest BCUT2D eigenvalue weighted by molar-refractivity contribution is -0.119. The Bertz CT molecular complexity index is 638. The Morgan fingerprint density at radius 2 is 1.90 bits per heavy atom. The van der Waals surface area contributed by atoms with Crippen molar-refractivity contribution in [3.05, 3.63) is 23.8 Å². The topological polar surface area (TPSA) is 57.7 Å². The molecule has 0 unspecified atom stereocenters. The normalized spacial score (nSPS) is 20.1. The molecule has 1 fully saturated rings. The van der Waals surface area contributed by atoms with Crippen LogP contribution in [0, 0.1) is 0 Å². The number of piperazine rings is 1. The number of hydrogen-bond donors (Lipinski definition) is 0. The molecule has 0 aromatic heterocycles. The van der Waals surface area contributed by atoms with Crippen LogP contribution in [0.15, 0.2) is 28.0 Å². The van der Waals surface area contributed by atoms with Crippen molar-refractivity contribution in [2.24, 2.45) is 0 Å². The minimum Gasteiger partial charge on any atom is -0.343 e. The second kappa shape index (κ2) is 5.98. The van der Waals surface area contributed by atoms with Crippen LogP contribution in [-0.4, -0.2) is 56.0 Å².